The minimum Gasteiger partial charge on any atom is -0.351 e. The molecule has 0 bridgehead atoms. The third-order valence-electron chi connectivity index (χ3n) is 4.15. The van der Waals surface area contributed by atoms with Crippen molar-refractivity contribution in [2.75, 3.05) is 26.2 Å². The molecule has 21 heavy (non-hydrogen) atoms. The van der Waals surface area contributed by atoms with Crippen molar-refractivity contribution in [3.8, 4) is 0 Å². The van der Waals surface area contributed by atoms with Crippen molar-refractivity contribution >= 4 is 16.8 Å². The number of nitrogens with zero attached hydrogens (tertiary/aromatic N) is 2. The quantitative estimate of drug-likeness (QED) is 0.886. The van der Waals surface area contributed by atoms with Crippen LogP contribution < -0.4 is 5.32 Å². The Balaban J connectivity index is 2.02. The van der Waals surface area contributed by atoms with Crippen molar-refractivity contribution in [1.82, 2.24) is 14.8 Å². The zero-order valence-electron chi connectivity index (χ0n) is 13.4. The highest BCUT2D eigenvalue weighted by Gasteiger charge is 2.09. The molecule has 4 heteroatoms. The van der Waals surface area contributed by atoms with E-state index >= 15 is 0 Å². The summed E-state index contributed by atoms with van der Waals surface area (Å²) in [6.45, 7) is 9.96. The maximum atomic E-state index is 12.2. The minimum absolute atomic E-state index is 0.00515. The normalized spacial score (nSPS) is 11.3. The van der Waals surface area contributed by atoms with Crippen LogP contribution in [0.4, 0.5) is 0 Å². The molecule has 0 aliphatic rings. The van der Waals surface area contributed by atoms with Gasteiger partial charge in [-0.2, -0.15) is 0 Å². The lowest BCUT2D eigenvalue weighted by Crippen LogP contribution is -2.34. The van der Waals surface area contributed by atoms with Gasteiger partial charge in [0.15, 0.2) is 0 Å². The Morgan fingerprint density at radius 2 is 1.95 bits per heavy atom. The number of hydrogen-bond acceptors (Lipinski definition) is 2. The molecule has 0 radical (unpaired) electrons. The van der Waals surface area contributed by atoms with E-state index in [2.05, 4.69) is 41.6 Å². The van der Waals surface area contributed by atoms with Crippen molar-refractivity contribution in [2.24, 2.45) is 7.05 Å². The number of aromatic nitrogens is 1. The Hall–Kier alpha value is -1.81. The number of hydrogen-bond donors (Lipinski definition) is 1. The van der Waals surface area contributed by atoms with Crippen molar-refractivity contribution in [3.05, 3.63) is 35.5 Å². The number of nitrogens with one attached hydrogen (secondary N) is 1. The van der Waals surface area contributed by atoms with E-state index < -0.39 is 0 Å². The molecule has 1 aromatic carbocycles. The first-order valence-electron chi connectivity index (χ1n) is 7.63. The van der Waals surface area contributed by atoms with E-state index in [-0.39, 0.29) is 5.91 Å². The summed E-state index contributed by atoms with van der Waals surface area (Å²) in [5.74, 6) is 0.00515. The van der Waals surface area contributed by atoms with Crippen molar-refractivity contribution in [1.29, 1.82) is 0 Å². The minimum atomic E-state index is 0.00515. The molecule has 114 valence electrons. The zero-order chi connectivity index (χ0) is 15.4. The molecule has 4 nitrogen and oxygen atoms in total. The molecule has 0 atom stereocenters. The topological polar surface area (TPSA) is 37.3 Å². The van der Waals surface area contributed by atoms with E-state index in [0.29, 0.717) is 6.54 Å². The summed E-state index contributed by atoms with van der Waals surface area (Å²) >= 11 is 0. The first-order valence-corrected chi connectivity index (χ1v) is 7.63. The molecule has 2 rings (SSSR count). The summed E-state index contributed by atoms with van der Waals surface area (Å²) in [6.07, 6.45) is 0. The SMILES string of the molecule is CCN(CC)CCNC(=O)c1ccc2c(c1)cc(C)n2C. The largest absolute Gasteiger partial charge is 0.351 e. The molecule has 2 aromatic rings. The van der Waals surface area contributed by atoms with Crippen molar-refractivity contribution < 1.29 is 4.79 Å². The molecule has 0 spiro atoms. The molecule has 1 N–H and O–H groups in total. The van der Waals surface area contributed by atoms with Crippen LogP contribution in [-0.4, -0.2) is 41.6 Å². The third kappa shape index (κ3) is 3.45. The fourth-order valence-electron chi connectivity index (χ4n) is 2.60. The number of carbonyl (C=O) groups is 1. The maximum absolute atomic E-state index is 12.2. The fraction of sp³-hybridized carbons (Fsp3) is 0.471. The van der Waals surface area contributed by atoms with Gasteiger partial charge in [0.2, 0.25) is 0 Å². The Morgan fingerprint density at radius 3 is 2.62 bits per heavy atom. The number of aryl methyl sites for hydroxylation is 2. The summed E-state index contributed by atoms with van der Waals surface area (Å²) in [6, 6.07) is 7.99. The molecule has 0 aliphatic heterocycles. The first kappa shape index (κ1) is 15.6. The number of amides is 1. The van der Waals surface area contributed by atoms with Crippen LogP contribution in [0, 0.1) is 6.92 Å². The Kier molecular flexibility index (Phi) is 5.02. The predicted molar refractivity (Wildman–Crippen MR) is 87.8 cm³/mol. The van der Waals surface area contributed by atoms with Gasteiger partial charge in [-0.15, -0.1) is 0 Å². The van der Waals surface area contributed by atoms with Crippen LogP contribution in [0.2, 0.25) is 0 Å². The van der Waals surface area contributed by atoms with Gasteiger partial charge in [-0.25, -0.2) is 0 Å². The average Bonchev–Trinajstić information content (AvgIpc) is 2.78. The summed E-state index contributed by atoms with van der Waals surface area (Å²) in [5, 5.41) is 4.11. The molecule has 1 amide bonds. The van der Waals surface area contributed by atoms with E-state index in [0.717, 1.165) is 36.1 Å². The van der Waals surface area contributed by atoms with E-state index in [1.807, 2.05) is 25.2 Å². The highest BCUT2D eigenvalue weighted by molar-refractivity contribution is 5.98. The smallest absolute Gasteiger partial charge is 0.251 e. The monoisotopic (exact) mass is 287 g/mol. The third-order valence-corrected chi connectivity index (χ3v) is 4.15. The van der Waals surface area contributed by atoms with Crippen molar-refractivity contribution in [2.45, 2.75) is 20.8 Å². The molecule has 1 aromatic heterocycles. The van der Waals surface area contributed by atoms with Gasteiger partial charge < -0.3 is 14.8 Å². The number of benzene rings is 1. The summed E-state index contributed by atoms with van der Waals surface area (Å²) in [5.41, 5.74) is 3.09. The Bertz CT molecular complexity index is 626. The van der Waals surface area contributed by atoms with E-state index in [9.17, 15) is 4.79 Å². The second-order valence-corrected chi connectivity index (χ2v) is 5.40. The van der Waals surface area contributed by atoms with Gasteiger partial charge in [0.1, 0.15) is 0 Å². The van der Waals surface area contributed by atoms with E-state index in [1.54, 1.807) is 0 Å². The lowest BCUT2D eigenvalue weighted by Gasteiger charge is -2.17. The highest BCUT2D eigenvalue weighted by atomic mass is 16.1. The fourth-order valence-corrected chi connectivity index (χ4v) is 2.60. The van der Waals surface area contributed by atoms with Crippen LogP contribution in [0.15, 0.2) is 24.3 Å². The van der Waals surface area contributed by atoms with Crippen LogP contribution in [0.1, 0.15) is 29.9 Å². The lowest BCUT2D eigenvalue weighted by atomic mass is 10.1. The molecule has 1 heterocycles. The van der Waals surface area contributed by atoms with Crippen LogP contribution in [0.3, 0.4) is 0 Å². The molecule has 0 unspecified atom stereocenters. The molecule has 0 saturated heterocycles. The van der Waals surface area contributed by atoms with Crippen LogP contribution >= 0.6 is 0 Å². The standard InChI is InChI=1S/C17H25N3O/c1-5-20(6-2)10-9-18-17(21)14-7-8-16-15(12-14)11-13(3)19(16)4/h7-8,11-12H,5-6,9-10H2,1-4H3,(H,18,21). The van der Waals surface area contributed by atoms with Crippen LogP contribution in [-0.2, 0) is 7.05 Å². The van der Waals surface area contributed by atoms with Gasteiger partial charge in [-0.1, -0.05) is 13.8 Å². The second-order valence-electron chi connectivity index (χ2n) is 5.40. The highest BCUT2D eigenvalue weighted by Crippen LogP contribution is 2.19. The number of rotatable bonds is 6. The Morgan fingerprint density at radius 1 is 1.24 bits per heavy atom. The lowest BCUT2D eigenvalue weighted by molar-refractivity contribution is 0.0949. The molecule has 0 aliphatic carbocycles. The molecular formula is C17H25N3O. The summed E-state index contributed by atoms with van der Waals surface area (Å²) in [7, 11) is 2.04. The summed E-state index contributed by atoms with van der Waals surface area (Å²) < 4.78 is 2.14. The molecule has 0 saturated carbocycles. The van der Waals surface area contributed by atoms with Gasteiger partial charge >= 0.3 is 0 Å². The zero-order valence-corrected chi connectivity index (χ0v) is 13.4. The van der Waals surface area contributed by atoms with Gasteiger partial charge in [0, 0.05) is 42.3 Å². The summed E-state index contributed by atoms with van der Waals surface area (Å²) in [4.78, 5) is 14.5. The van der Waals surface area contributed by atoms with Crippen LogP contribution in [0.25, 0.3) is 10.9 Å². The Labute approximate surface area is 126 Å². The predicted octanol–water partition coefficient (Wildman–Crippen LogP) is 2.56. The van der Waals surface area contributed by atoms with E-state index in [1.165, 1.54) is 5.69 Å². The van der Waals surface area contributed by atoms with Gasteiger partial charge in [-0.3, -0.25) is 4.79 Å². The number of fused-ring (bicyclic) bond motifs is 1. The second kappa shape index (κ2) is 6.76. The molecular weight excluding hydrogens is 262 g/mol. The maximum Gasteiger partial charge on any atom is 0.251 e. The van der Waals surface area contributed by atoms with Gasteiger partial charge in [-0.05, 0) is 44.3 Å². The van der Waals surface area contributed by atoms with Gasteiger partial charge in [0.25, 0.3) is 5.91 Å². The molecule has 0 fully saturated rings. The van der Waals surface area contributed by atoms with E-state index in [4.69, 9.17) is 0 Å². The first-order chi connectivity index (χ1) is 10.1. The average molecular weight is 287 g/mol. The number of carbonyl (C=O) groups excluding carboxylic acids is 1. The van der Waals surface area contributed by atoms with Crippen molar-refractivity contribution in [3.63, 3.8) is 0 Å². The van der Waals surface area contributed by atoms with Crippen LogP contribution in [0.5, 0.6) is 0 Å². The van der Waals surface area contributed by atoms with Gasteiger partial charge in [0.05, 0.1) is 0 Å². The number of likely N-dealkylation sites (N-methyl/N-ethyl adjacent to an activating group) is 1.